The molecule has 0 N–H and O–H groups in total. The molecule has 1 nitrogen and oxygen atoms in total. The van der Waals surface area contributed by atoms with E-state index in [9.17, 15) is 0 Å². The number of hydrogen-bond donors (Lipinski definition) is 0. The van der Waals surface area contributed by atoms with Crippen LogP contribution in [0, 0.1) is 23.7 Å². The smallest absolute Gasteiger partial charge is 0.0608 e. The summed E-state index contributed by atoms with van der Waals surface area (Å²) in [6.45, 7) is 0. The summed E-state index contributed by atoms with van der Waals surface area (Å²) in [5.74, 6) is 3.73. The topological polar surface area (TPSA) is 9.23 Å². The molecule has 0 spiro atoms. The van der Waals surface area contributed by atoms with E-state index in [0.29, 0.717) is 6.10 Å². The minimum atomic E-state index is 0.582. The third-order valence-corrected chi connectivity index (χ3v) is 4.25. The van der Waals surface area contributed by atoms with Crippen LogP contribution in [0.15, 0.2) is 12.2 Å². The molecule has 2 saturated carbocycles. The average molecular weight is 164 g/mol. The molecule has 3 aliphatic rings. The zero-order chi connectivity index (χ0) is 8.13. The first-order valence-corrected chi connectivity index (χ1v) is 5.09. The maximum Gasteiger partial charge on any atom is 0.0608 e. The van der Waals surface area contributed by atoms with E-state index in [4.69, 9.17) is 4.74 Å². The maximum absolute atomic E-state index is 5.52. The highest BCUT2D eigenvalue weighted by Crippen LogP contribution is 2.56. The summed E-state index contributed by atoms with van der Waals surface area (Å²) in [6, 6.07) is 0. The van der Waals surface area contributed by atoms with Crippen LogP contribution in [0.1, 0.15) is 19.3 Å². The molecule has 5 atom stereocenters. The standard InChI is InChI=1S/C11H16O/c1-12-11-6-7-5-10(11)9-4-2-3-8(7)9/h2,4,7-11H,3,5-6H2,1H3/t7?,8?,9?,10-,11?/m0/s1. The van der Waals surface area contributed by atoms with Gasteiger partial charge in [-0.25, -0.2) is 0 Å². The van der Waals surface area contributed by atoms with Gasteiger partial charge in [-0.2, -0.15) is 0 Å². The van der Waals surface area contributed by atoms with Gasteiger partial charge in [-0.05, 0) is 42.9 Å². The van der Waals surface area contributed by atoms with Crippen molar-refractivity contribution in [3.63, 3.8) is 0 Å². The number of allylic oxidation sites excluding steroid dienone is 2. The molecule has 0 aromatic rings. The lowest BCUT2D eigenvalue weighted by Crippen LogP contribution is -2.29. The fraction of sp³-hybridized carbons (Fsp3) is 0.818. The number of fused-ring (bicyclic) bond motifs is 5. The number of methoxy groups -OCH3 is 1. The molecule has 66 valence electrons. The van der Waals surface area contributed by atoms with E-state index in [0.717, 1.165) is 23.7 Å². The Bertz CT molecular complexity index is 221. The predicted molar refractivity (Wildman–Crippen MR) is 47.7 cm³/mol. The Hall–Kier alpha value is -0.300. The zero-order valence-electron chi connectivity index (χ0n) is 7.57. The second-order valence-corrected chi connectivity index (χ2v) is 4.57. The minimum Gasteiger partial charge on any atom is -0.381 e. The highest BCUT2D eigenvalue weighted by Gasteiger charge is 2.52. The van der Waals surface area contributed by atoms with E-state index in [1.807, 2.05) is 7.11 Å². The molecule has 2 fully saturated rings. The molecule has 4 unspecified atom stereocenters. The average Bonchev–Trinajstić information content (AvgIpc) is 2.75. The van der Waals surface area contributed by atoms with Crippen molar-refractivity contribution in [3.05, 3.63) is 12.2 Å². The third-order valence-electron chi connectivity index (χ3n) is 4.25. The molecule has 3 aliphatic carbocycles. The van der Waals surface area contributed by atoms with E-state index in [1.54, 1.807) is 0 Å². The maximum atomic E-state index is 5.52. The van der Waals surface area contributed by atoms with Crippen molar-refractivity contribution in [3.8, 4) is 0 Å². The molecule has 1 heteroatoms. The molecule has 0 saturated heterocycles. The first-order chi connectivity index (χ1) is 5.90. The molecule has 0 aliphatic heterocycles. The normalized spacial score (nSPS) is 54.9. The highest BCUT2D eigenvalue weighted by atomic mass is 16.5. The Morgan fingerprint density at radius 3 is 3.00 bits per heavy atom. The summed E-state index contributed by atoms with van der Waals surface area (Å²) in [5, 5.41) is 0. The summed E-state index contributed by atoms with van der Waals surface area (Å²) in [7, 11) is 1.87. The SMILES string of the molecule is COC1CC2C[C@H]1C1C=CCC21. The largest absolute Gasteiger partial charge is 0.381 e. The van der Waals surface area contributed by atoms with Gasteiger partial charge in [-0.3, -0.25) is 0 Å². The van der Waals surface area contributed by atoms with E-state index < -0.39 is 0 Å². The molecule has 12 heavy (non-hydrogen) atoms. The summed E-state index contributed by atoms with van der Waals surface area (Å²) >= 11 is 0. The van der Waals surface area contributed by atoms with Gasteiger partial charge in [-0.1, -0.05) is 12.2 Å². The van der Waals surface area contributed by atoms with Crippen LogP contribution < -0.4 is 0 Å². The second-order valence-electron chi connectivity index (χ2n) is 4.57. The van der Waals surface area contributed by atoms with E-state index in [1.165, 1.54) is 19.3 Å². The van der Waals surface area contributed by atoms with Crippen LogP contribution in [0.5, 0.6) is 0 Å². The van der Waals surface area contributed by atoms with Crippen LogP contribution in [-0.4, -0.2) is 13.2 Å². The first kappa shape index (κ1) is 7.14. The first-order valence-electron chi connectivity index (χ1n) is 5.09. The van der Waals surface area contributed by atoms with Crippen LogP contribution >= 0.6 is 0 Å². The summed E-state index contributed by atoms with van der Waals surface area (Å²) < 4.78 is 5.52. The van der Waals surface area contributed by atoms with Gasteiger partial charge in [0.2, 0.25) is 0 Å². The van der Waals surface area contributed by atoms with Crippen molar-refractivity contribution in [1.29, 1.82) is 0 Å². The number of rotatable bonds is 1. The van der Waals surface area contributed by atoms with E-state index in [-0.39, 0.29) is 0 Å². The summed E-state index contributed by atoms with van der Waals surface area (Å²) in [5.41, 5.74) is 0. The molecule has 0 aromatic heterocycles. The Kier molecular flexibility index (Phi) is 1.40. The lowest BCUT2D eigenvalue weighted by atomic mass is 9.80. The molecule has 0 amide bonds. The van der Waals surface area contributed by atoms with Gasteiger partial charge in [0.05, 0.1) is 6.10 Å². The molecule has 0 aromatic carbocycles. The van der Waals surface area contributed by atoms with Crippen LogP contribution in [-0.2, 0) is 4.74 Å². The van der Waals surface area contributed by atoms with E-state index >= 15 is 0 Å². The molecular weight excluding hydrogens is 148 g/mol. The fourth-order valence-electron chi connectivity index (χ4n) is 3.76. The van der Waals surface area contributed by atoms with Crippen molar-refractivity contribution in [2.24, 2.45) is 23.7 Å². The van der Waals surface area contributed by atoms with Gasteiger partial charge < -0.3 is 4.74 Å². The Balaban J connectivity index is 1.87. The van der Waals surface area contributed by atoms with Gasteiger partial charge in [-0.15, -0.1) is 0 Å². The lowest BCUT2D eigenvalue weighted by Gasteiger charge is -2.30. The number of ether oxygens (including phenoxy) is 1. The third kappa shape index (κ3) is 0.731. The lowest BCUT2D eigenvalue weighted by molar-refractivity contribution is 0.0300. The second kappa shape index (κ2) is 2.35. The quantitative estimate of drug-likeness (QED) is 0.540. The molecule has 0 radical (unpaired) electrons. The van der Waals surface area contributed by atoms with Crippen LogP contribution in [0.3, 0.4) is 0 Å². The Labute approximate surface area is 73.8 Å². The van der Waals surface area contributed by atoms with Crippen molar-refractivity contribution < 1.29 is 4.74 Å². The van der Waals surface area contributed by atoms with Gasteiger partial charge in [0.25, 0.3) is 0 Å². The van der Waals surface area contributed by atoms with Crippen LogP contribution in [0.25, 0.3) is 0 Å². The monoisotopic (exact) mass is 164 g/mol. The van der Waals surface area contributed by atoms with Gasteiger partial charge in [0.1, 0.15) is 0 Å². The van der Waals surface area contributed by atoms with Gasteiger partial charge in [0.15, 0.2) is 0 Å². The van der Waals surface area contributed by atoms with Crippen molar-refractivity contribution in [2.75, 3.05) is 7.11 Å². The Morgan fingerprint density at radius 1 is 1.25 bits per heavy atom. The predicted octanol–water partition coefficient (Wildman–Crippen LogP) is 2.23. The summed E-state index contributed by atoms with van der Waals surface area (Å²) in [4.78, 5) is 0. The van der Waals surface area contributed by atoms with Crippen molar-refractivity contribution in [1.82, 2.24) is 0 Å². The van der Waals surface area contributed by atoms with Crippen molar-refractivity contribution >= 4 is 0 Å². The fourth-order valence-corrected chi connectivity index (χ4v) is 3.76. The number of hydrogen-bond acceptors (Lipinski definition) is 1. The van der Waals surface area contributed by atoms with E-state index in [2.05, 4.69) is 12.2 Å². The molecule has 3 rings (SSSR count). The van der Waals surface area contributed by atoms with Crippen LogP contribution in [0.2, 0.25) is 0 Å². The Morgan fingerprint density at radius 2 is 2.17 bits per heavy atom. The zero-order valence-corrected chi connectivity index (χ0v) is 7.57. The van der Waals surface area contributed by atoms with Crippen molar-refractivity contribution in [2.45, 2.75) is 25.4 Å². The highest BCUT2D eigenvalue weighted by molar-refractivity contribution is 5.14. The summed E-state index contributed by atoms with van der Waals surface area (Å²) in [6.07, 6.45) is 9.54. The minimum absolute atomic E-state index is 0.582. The van der Waals surface area contributed by atoms with Crippen LogP contribution in [0.4, 0.5) is 0 Å². The molecule has 0 heterocycles. The van der Waals surface area contributed by atoms with Gasteiger partial charge >= 0.3 is 0 Å². The molecular formula is C11H16O. The van der Waals surface area contributed by atoms with Gasteiger partial charge in [0, 0.05) is 7.11 Å². The molecule has 2 bridgehead atoms.